The summed E-state index contributed by atoms with van der Waals surface area (Å²) >= 11 is 1.22. The molecule has 1 saturated carbocycles. The number of thiazole rings is 1. The lowest BCUT2D eigenvalue weighted by Gasteiger charge is -2.34. The first-order valence-corrected chi connectivity index (χ1v) is 8.71. The zero-order valence-corrected chi connectivity index (χ0v) is 14.2. The van der Waals surface area contributed by atoms with E-state index in [-0.39, 0.29) is 5.91 Å². The normalized spacial score (nSPS) is 16.5. The Hall–Kier alpha value is -2.35. The number of rotatable bonds is 4. The number of nitrogens with zero attached hydrogens (tertiary/aromatic N) is 3. The van der Waals surface area contributed by atoms with Crippen molar-refractivity contribution >= 4 is 23.2 Å². The maximum atomic E-state index is 12.7. The second-order valence-corrected chi connectivity index (χ2v) is 6.97. The van der Waals surface area contributed by atoms with Crippen molar-refractivity contribution in [2.24, 2.45) is 5.73 Å². The number of carbonyl (C=O) groups is 2. The maximum absolute atomic E-state index is 12.7. The molecule has 24 heavy (non-hydrogen) atoms. The summed E-state index contributed by atoms with van der Waals surface area (Å²) in [7, 11) is 0. The molecule has 0 aromatic carbocycles. The number of primary amides is 1. The summed E-state index contributed by atoms with van der Waals surface area (Å²) in [5.41, 5.74) is 5.22. The van der Waals surface area contributed by atoms with Crippen LogP contribution in [0.25, 0.3) is 10.8 Å². The Morgan fingerprint density at radius 3 is 2.50 bits per heavy atom. The third-order valence-corrected chi connectivity index (χ3v) is 5.44. The van der Waals surface area contributed by atoms with Gasteiger partial charge in [-0.3, -0.25) is 9.59 Å². The summed E-state index contributed by atoms with van der Waals surface area (Å²) in [5, 5.41) is 3.45. The molecule has 3 rings (SSSR count). The first kappa shape index (κ1) is 16.5. The van der Waals surface area contributed by atoms with Gasteiger partial charge in [-0.05, 0) is 25.8 Å². The van der Waals surface area contributed by atoms with Gasteiger partial charge in [-0.15, -0.1) is 11.3 Å². The molecule has 1 aliphatic rings. The second kappa shape index (κ2) is 6.64. The molecular weight excluding hydrogens is 326 g/mol. The van der Waals surface area contributed by atoms with Crippen LogP contribution in [-0.2, 0) is 4.79 Å². The minimum absolute atomic E-state index is 0.312. The van der Waals surface area contributed by atoms with Gasteiger partial charge in [0.25, 0.3) is 5.91 Å². The van der Waals surface area contributed by atoms with Crippen LogP contribution in [0.1, 0.15) is 47.5 Å². The van der Waals surface area contributed by atoms with Crippen molar-refractivity contribution < 1.29 is 9.59 Å². The molecule has 2 aromatic heterocycles. The van der Waals surface area contributed by atoms with E-state index >= 15 is 0 Å². The minimum Gasteiger partial charge on any atom is -0.368 e. The van der Waals surface area contributed by atoms with E-state index < -0.39 is 11.4 Å². The van der Waals surface area contributed by atoms with Crippen molar-refractivity contribution in [2.45, 2.75) is 44.6 Å². The van der Waals surface area contributed by atoms with Crippen LogP contribution < -0.4 is 11.1 Å². The van der Waals surface area contributed by atoms with Gasteiger partial charge in [0.05, 0.1) is 5.69 Å². The summed E-state index contributed by atoms with van der Waals surface area (Å²) in [6.45, 7) is 1.76. The Labute approximate surface area is 143 Å². The first-order valence-electron chi connectivity index (χ1n) is 7.89. The maximum Gasteiger partial charge on any atom is 0.264 e. The number of nitrogens with one attached hydrogen (secondary N) is 1. The van der Waals surface area contributed by atoms with Crippen LogP contribution in [0, 0.1) is 6.92 Å². The molecule has 2 aromatic rings. The van der Waals surface area contributed by atoms with Crippen LogP contribution >= 0.6 is 11.3 Å². The molecule has 0 aliphatic heterocycles. The number of carbonyl (C=O) groups excluding carboxylic acids is 2. The van der Waals surface area contributed by atoms with Gasteiger partial charge < -0.3 is 11.1 Å². The molecule has 3 N–H and O–H groups in total. The van der Waals surface area contributed by atoms with E-state index in [1.165, 1.54) is 11.3 Å². The lowest BCUT2D eigenvalue weighted by atomic mass is 9.81. The van der Waals surface area contributed by atoms with Crippen molar-refractivity contribution in [1.82, 2.24) is 20.3 Å². The molecular formula is C16H19N5O2S. The number of hydrogen-bond donors (Lipinski definition) is 2. The zero-order valence-electron chi connectivity index (χ0n) is 13.4. The largest absolute Gasteiger partial charge is 0.368 e. The standard InChI is InChI=1S/C16H19N5O2S/c1-10-11(24-14(20-10)12-18-8-5-9-19-12)13(22)21-16(15(17)23)6-3-2-4-7-16/h5,8-9H,2-4,6-7H2,1H3,(H2,17,23)(H,21,22). The monoisotopic (exact) mass is 345 g/mol. The molecule has 7 nitrogen and oxygen atoms in total. The van der Waals surface area contributed by atoms with E-state index in [0.29, 0.717) is 34.2 Å². The molecule has 1 aliphatic carbocycles. The number of amides is 2. The second-order valence-electron chi connectivity index (χ2n) is 5.97. The third kappa shape index (κ3) is 3.14. The quantitative estimate of drug-likeness (QED) is 0.878. The Morgan fingerprint density at radius 2 is 1.88 bits per heavy atom. The molecule has 1 fully saturated rings. The molecule has 0 spiro atoms. The Kier molecular flexibility index (Phi) is 4.57. The van der Waals surface area contributed by atoms with Gasteiger partial charge in [0.15, 0.2) is 10.8 Å². The van der Waals surface area contributed by atoms with E-state index in [1.807, 2.05) is 0 Å². The highest BCUT2D eigenvalue weighted by Gasteiger charge is 2.40. The number of nitrogens with two attached hydrogens (primary N) is 1. The highest BCUT2D eigenvalue weighted by atomic mass is 32.1. The van der Waals surface area contributed by atoms with Crippen LogP contribution in [0.4, 0.5) is 0 Å². The average molecular weight is 345 g/mol. The summed E-state index contributed by atoms with van der Waals surface area (Å²) in [6.07, 6.45) is 7.25. The van der Waals surface area contributed by atoms with E-state index in [9.17, 15) is 9.59 Å². The molecule has 126 valence electrons. The molecule has 0 radical (unpaired) electrons. The molecule has 2 heterocycles. The first-order chi connectivity index (χ1) is 11.5. The van der Waals surface area contributed by atoms with E-state index in [1.54, 1.807) is 25.4 Å². The van der Waals surface area contributed by atoms with Crippen molar-refractivity contribution in [3.63, 3.8) is 0 Å². The molecule has 0 saturated heterocycles. The van der Waals surface area contributed by atoms with Gasteiger partial charge in [-0.2, -0.15) is 0 Å². The Balaban J connectivity index is 1.85. The lowest BCUT2D eigenvalue weighted by Crippen LogP contribution is -2.58. The van der Waals surface area contributed by atoms with Crippen molar-refractivity contribution in [3.8, 4) is 10.8 Å². The average Bonchev–Trinajstić information content (AvgIpc) is 2.98. The number of aryl methyl sites for hydroxylation is 1. The third-order valence-electron chi connectivity index (χ3n) is 4.29. The van der Waals surface area contributed by atoms with Crippen molar-refractivity contribution in [2.75, 3.05) is 0 Å². The van der Waals surface area contributed by atoms with Crippen molar-refractivity contribution in [3.05, 3.63) is 29.0 Å². The van der Waals surface area contributed by atoms with Gasteiger partial charge in [-0.25, -0.2) is 15.0 Å². The van der Waals surface area contributed by atoms with E-state index in [2.05, 4.69) is 20.3 Å². The van der Waals surface area contributed by atoms with Gasteiger partial charge in [0, 0.05) is 12.4 Å². The summed E-state index contributed by atoms with van der Waals surface area (Å²) < 4.78 is 0. The van der Waals surface area contributed by atoms with Crippen LogP contribution in [0.5, 0.6) is 0 Å². The van der Waals surface area contributed by atoms with E-state index in [0.717, 1.165) is 19.3 Å². The summed E-state index contributed by atoms with van der Waals surface area (Å²) in [5.74, 6) is -0.302. The lowest BCUT2D eigenvalue weighted by molar-refractivity contribution is -0.125. The van der Waals surface area contributed by atoms with Crippen LogP contribution in [-0.4, -0.2) is 32.3 Å². The fraction of sp³-hybridized carbons (Fsp3) is 0.438. The van der Waals surface area contributed by atoms with Gasteiger partial charge in [0.2, 0.25) is 5.91 Å². The molecule has 2 amide bonds. The van der Waals surface area contributed by atoms with Crippen molar-refractivity contribution in [1.29, 1.82) is 0 Å². The molecule has 0 unspecified atom stereocenters. The predicted molar refractivity (Wildman–Crippen MR) is 90.4 cm³/mol. The highest BCUT2D eigenvalue weighted by molar-refractivity contribution is 7.17. The summed E-state index contributed by atoms with van der Waals surface area (Å²) in [6, 6.07) is 1.72. The Bertz CT molecular complexity index is 753. The summed E-state index contributed by atoms with van der Waals surface area (Å²) in [4.78, 5) is 37.8. The van der Waals surface area contributed by atoms with Crippen LogP contribution in [0.15, 0.2) is 18.5 Å². The van der Waals surface area contributed by atoms with Crippen LogP contribution in [0.3, 0.4) is 0 Å². The smallest absolute Gasteiger partial charge is 0.264 e. The minimum atomic E-state index is -0.949. The Morgan fingerprint density at radius 1 is 1.21 bits per heavy atom. The number of aromatic nitrogens is 3. The number of hydrogen-bond acceptors (Lipinski definition) is 6. The zero-order chi connectivity index (χ0) is 17.2. The van der Waals surface area contributed by atoms with E-state index in [4.69, 9.17) is 5.73 Å². The fourth-order valence-electron chi connectivity index (χ4n) is 2.97. The predicted octanol–water partition coefficient (Wildman–Crippen LogP) is 1.83. The highest BCUT2D eigenvalue weighted by Crippen LogP contribution is 2.30. The fourth-order valence-corrected chi connectivity index (χ4v) is 3.88. The SMILES string of the molecule is Cc1nc(-c2ncccn2)sc1C(=O)NC1(C(N)=O)CCCCC1. The van der Waals surface area contributed by atoms with Gasteiger partial charge >= 0.3 is 0 Å². The molecule has 0 atom stereocenters. The van der Waals surface area contributed by atoms with Gasteiger partial charge in [0.1, 0.15) is 10.4 Å². The molecule has 0 bridgehead atoms. The molecule has 8 heteroatoms. The topological polar surface area (TPSA) is 111 Å². The van der Waals surface area contributed by atoms with Crippen LogP contribution in [0.2, 0.25) is 0 Å². The van der Waals surface area contributed by atoms with Gasteiger partial charge in [-0.1, -0.05) is 19.3 Å².